The largest absolute Gasteiger partial charge is 0.519 e. The average Bonchev–Trinajstić information content (AvgIpc) is 2.10. The highest BCUT2D eigenvalue weighted by atomic mass is 16.8. The third-order valence-corrected chi connectivity index (χ3v) is 1.75. The van der Waals surface area contributed by atoms with Crippen LogP contribution in [0.4, 0.5) is 9.59 Å². The monoisotopic (exact) mass is 291 g/mol. The number of rotatable bonds is 5. The van der Waals surface area contributed by atoms with Crippen molar-refractivity contribution in [3.63, 3.8) is 0 Å². The van der Waals surface area contributed by atoms with E-state index in [0.717, 1.165) is 0 Å². The van der Waals surface area contributed by atoms with E-state index in [1.54, 1.807) is 41.5 Å². The number of carbonyl (C=O) groups excluding carboxylic acids is 2. The Morgan fingerprint density at radius 1 is 1.05 bits per heavy atom. The van der Waals surface area contributed by atoms with Gasteiger partial charge in [0, 0.05) is 6.04 Å². The molecule has 0 saturated heterocycles. The molecule has 0 spiro atoms. The number of nitrogens with two attached hydrogens (primary N) is 1. The summed E-state index contributed by atoms with van der Waals surface area (Å²) in [7, 11) is 0. The van der Waals surface area contributed by atoms with Crippen LogP contribution in [0.3, 0.4) is 0 Å². The van der Waals surface area contributed by atoms with Crippen LogP contribution in [0.15, 0.2) is 0 Å². The minimum absolute atomic E-state index is 0.112. The molecule has 7 heteroatoms. The maximum atomic E-state index is 11.4. The summed E-state index contributed by atoms with van der Waals surface area (Å²) in [6, 6.07) is -0.112. The molecule has 2 N–H and O–H groups in total. The summed E-state index contributed by atoms with van der Waals surface area (Å²) in [5.74, 6) is 0. The zero-order chi connectivity index (χ0) is 16.0. The van der Waals surface area contributed by atoms with Gasteiger partial charge in [0.2, 0.25) is 0 Å². The van der Waals surface area contributed by atoms with Gasteiger partial charge in [-0.15, -0.1) is 0 Å². The third kappa shape index (κ3) is 10.6. The van der Waals surface area contributed by atoms with E-state index in [1.165, 1.54) is 0 Å². The summed E-state index contributed by atoms with van der Waals surface area (Å²) in [5.41, 5.74) is 3.85. The summed E-state index contributed by atoms with van der Waals surface area (Å²) in [6.45, 7) is 10.5. The van der Waals surface area contributed by atoms with Crippen molar-refractivity contribution in [3.05, 3.63) is 0 Å². The number of hydrogen-bond acceptors (Lipinski definition) is 7. The molecule has 0 aromatic heterocycles. The van der Waals surface area contributed by atoms with Crippen molar-refractivity contribution in [2.24, 2.45) is 5.73 Å². The Balaban J connectivity index is 4.14. The van der Waals surface area contributed by atoms with E-state index in [1.807, 2.05) is 0 Å². The highest BCUT2D eigenvalue weighted by Gasteiger charge is 2.28. The van der Waals surface area contributed by atoms with E-state index in [2.05, 4.69) is 4.74 Å². The Hall–Kier alpha value is -1.34. The fourth-order valence-electron chi connectivity index (χ4n) is 1.11. The first-order valence-corrected chi connectivity index (χ1v) is 6.38. The molecule has 0 aliphatic heterocycles. The molecule has 0 aliphatic carbocycles. The molecule has 0 aromatic carbocycles. The van der Waals surface area contributed by atoms with Gasteiger partial charge in [-0.1, -0.05) is 0 Å². The van der Waals surface area contributed by atoms with Gasteiger partial charge in [0.25, 0.3) is 0 Å². The molecule has 0 aromatic rings. The predicted octanol–water partition coefficient (Wildman–Crippen LogP) is 2.22. The first kappa shape index (κ1) is 18.7. The average molecular weight is 291 g/mol. The van der Waals surface area contributed by atoms with Gasteiger partial charge in [0.15, 0.2) is 0 Å². The smallest absolute Gasteiger partial charge is 0.428 e. The molecule has 0 rings (SSSR count). The van der Waals surface area contributed by atoms with Crippen LogP contribution >= 0.6 is 0 Å². The van der Waals surface area contributed by atoms with Crippen molar-refractivity contribution in [3.8, 4) is 0 Å². The van der Waals surface area contributed by atoms with Gasteiger partial charge in [-0.3, -0.25) is 0 Å². The lowest BCUT2D eigenvalue weighted by Gasteiger charge is -2.25. The summed E-state index contributed by atoms with van der Waals surface area (Å²) >= 11 is 0. The van der Waals surface area contributed by atoms with Crippen LogP contribution in [0.5, 0.6) is 0 Å². The molecule has 7 nitrogen and oxygen atoms in total. The highest BCUT2D eigenvalue weighted by molar-refractivity contribution is 5.77. The van der Waals surface area contributed by atoms with Crippen LogP contribution in [-0.4, -0.2) is 42.8 Å². The van der Waals surface area contributed by atoms with Crippen LogP contribution in [0, 0.1) is 0 Å². The molecule has 0 radical (unpaired) electrons. The fraction of sp³-hybridized carbons (Fsp3) is 0.846. The SMILES string of the molecule is C[C@H](N)COCC(C)(C)OC(=O)OC(=O)OC(C)(C)C. The van der Waals surface area contributed by atoms with Gasteiger partial charge < -0.3 is 24.7 Å². The van der Waals surface area contributed by atoms with E-state index >= 15 is 0 Å². The van der Waals surface area contributed by atoms with E-state index in [4.69, 9.17) is 19.9 Å². The van der Waals surface area contributed by atoms with Crippen molar-refractivity contribution < 1.29 is 28.5 Å². The van der Waals surface area contributed by atoms with Crippen molar-refractivity contribution in [2.75, 3.05) is 13.2 Å². The van der Waals surface area contributed by atoms with Gasteiger partial charge in [-0.05, 0) is 41.5 Å². The molecule has 0 aliphatic rings. The zero-order valence-electron chi connectivity index (χ0n) is 13.0. The van der Waals surface area contributed by atoms with E-state index < -0.39 is 23.5 Å². The highest BCUT2D eigenvalue weighted by Crippen LogP contribution is 2.13. The van der Waals surface area contributed by atoms with Crippen LogP contribution < -0.4 is 5.73 Å². The van der Waals surface area contributed by atoms with E-state index in [0.29, 0.717) is 6.61 Å². The van der Waals surface area contributed by atoms with Gasteiger partial charge in [-0.25, -0.2) is 9.59 Å². The van der Waals surface area contributed by atoms with Crippen molar-refractivity contribution in [1.29, 1.82) is 0 Å². The van der Waals surface area contributed by atoms with Crippen LogP contribution in [0.1, 0.15) is 41.5 Å². The second kappa shape index (κ2) is 7.44. The Morgan fingerprint density at radius 2 is 1.55 bits per heavy atom. The zero-order valence-corrected chi connectivity index (χ0v) is 13.0. The Morgan fingerprint density at radius 3 is 2.00 bits per heavy atom. The van der Waals surface area contributed by atoms with Crippen LogP contribution in [0.2, 0.25) is 0 Å². The van der Waals surface area contributed by atoms with Gasteiger partial charge in [-0.2, -0.15) is 0 Å². The minimum atomic E-state index is -1.13. The lowest BCUT2D eigenvalue weighted by atomic mass is 10.1. The molecule has 0 unspecified atom stereocenters. The first-order chi connectivity index (χ1) is 8.91. The Labute approximate surface area is 119 Å². The number of hydrogen-bond donors (Lipinski definition) is 1. The maximum absolute atomic E-state index is 11.4. The summed E-state index contributed by atoms with van der Waals surface area (Å²) in [4.78, 5) is 22.7. The summed E-state index contributed by atoms with van der Waals surface area (Å²) in [6.07, 6.45) is -2.23. The van der Waals surface area contributed by atoms with Crippen molar-refractivity contribution >= 4 is 12.3 Å². The Kier molecular flexibility index (Phi) is 6.95. The number of carbonyl (C=O) groups is 2. The molecule has 0 saturated carbocycles. The van der Waals surface area contributed by atoms with E-state index in [9.17, 15) is 9.59 Å². The molecule has 20 heavy (non-hydrogen) atoms. The quantitative estimate of drug-likeness (QED) is 0.612. The second-order valence-electron chi connectivity index (χ2n) is 6.17. The summed E-state index contributed by atoms with van der Waals surface area (Å²) < 4.78 is 19.5. The van der Waals surface area contributed by atoms with E-state index in [-0.39, 0.29) is 12.6 Å². The molecule has 1 atom stereocenters. The minimum Gasteiger partial charge on any atom is -0.428 e. The van der Waals surface area contributed by atoms with Gasteiger partial charge in [0.1, 0.15) is 11.2 Å². The first-order valence-electron chi connectivity index (χ1n) is 6.38. The van der Waals surface area contributed by atoms with Crippen LogP contribution in [-0.2, 0) is 18.9 Å². The lowest BCUT2D eigenvalue weighted by Crippen LogP contribution is -2.36. The molecule has 0 bridgehead atoms. The topological polar surface area (TPSA) is 97.1 Å². The summed E-state index contributed by atoms with van der Waals surface area (Å²) in [5, 5.41) is 0. The molecular weight excluding hydrogens is 266 g/mol. The standard InChI is InChI=1S/C13H25NO6/c1-9(14)7-17-8-13(5,6)20-11(16)18-10(15)19-12(2,3)4/h9H,7-8,14H2,1-6H3/t9-/m0/s1. The van der Waals surface area contributed by atoms with Crippen LogP contribution in [0.25, 0.3) is 0 Å². The number of ether oxygens (including phenoxy) is 4. The predicted molar refractivity (Wildman–Crippen MR) is 72.3 cm³/mol. The molecule has 118 valence electrons. The second-order valence-corrected chi connectivity index (χ2v) is 6.17. The lowest BCUT2D eigenvalue weighted by molar-refractivity contribution is -0.0657. The Bertz CT molecular complexity index is 332. The molecule has 0 amide bonds. The van der Waals surface area contributed by atoms with Gasteiger partial charge in [0.05, 0.1) is 13.2 Å². The fourth-order valence-corrected chi connectivity index (χ4v) is 1.11. The molecular formula is C13H25NO6. The normalized spacial score (nSPS) is 13.6. The van der Waals surface area contributed by atoms with Crippen molar-refractivity contribution in [1.82, 2.24) is 0 Å². The van der Waals surface area contributed by atoms with Crippen molar-refractivity contribution in [2.45, 2.75) is 58.8 Å². The maximum Gasteiger partial charge on any atom is 0.519 e. The third-order valence-electron chi connectivity index (χ3n) is 1.75. The molecule has 0 fully saturated rings. The molecule has 0 heterocycles. The van der Waals surface area contributed by atoms with Gasteiger partial charge >= 0.3 is 12.3 Å².